The lowest BCUT2D eigenvalue weighted by atomic mass is 10.2. The fourth-order valence-corrected chi connectivity index (χ4v) is 1.60. The van der Waals surface area contributed by atoms with Gasteiger partial charge >= 0.3 is 0 Å². The van der Waals surface area contributed by atoms with Crippen LogP contribution in [-0.2, 0) is 0 Å². The van der Waals surface area contributed by atoms with Crippen LogP contribution >= 0.6 is 15.9 Å². The first-order chi connectivity index (χ1) is 7.00. The number of anilines is 1. The third-order valence-corrected chi connectivity index (χ3v) is 2.93. The molecule has 1 rings (SSSR count). The second-order valence-corrected chi connectivity index (χ2v) is 4.93. The molecule has 4 heteroatoms. The van der Waals surface area contributed by atoms with E-state index >= 15 is 0 Å². The maximum absolute atomic E-state index is 4.33. The summed E-state index contributed by atoms with van der Waals surface area (Å²) in [7, 11) is 4.16. The van der Waals surface area contributed by atoms with Gasteiger partial charge < -0.3 is 10.2 Å². The zero-order valence-electron chi connectivity index (χ0n) is 9.71. The number of aromatic nitrogens is 1. The van der Waals surface area contributed by atoms with Crippen LogP contribution in [-0.4, -0.2) is 36.6 Å². The molecule has 0 amide bonds. The van der Waals surface area contributed by atoms with Crippen LogP contribution in [0.5, 0.6) is 0 Å². The molecular weight excluding hydrogens is 254 g/mol. The van der Waals surface area contributed by atoms with Crippen molar-refractivity contribution in [1.29, 1.82) is 0 Å². The van der Waals surface area contributed by atoms with Gasteiger partial charge in [0.2, 0.25) is 0 Å². The third-order valence-electron chi connectivity index (χ3n) is 2.49. The van der Waals surface area contributed by atoms with Gasteiger partial charge in [-0.3, -0.25) is 0 Å². The average Bonchev–Trinajstić information content (AvgIpc) is 2.15. The van der Waals surface area contributed by atoms with E-state index < -0.39 is 0 Å². The average molecular weight is 272 g/mol. The van der Waals surface area contributed by atoms with Gasteiger partial charge in [0.15, 0.2) is 0 Å². The fourth-order valence-electron chi connectivity index (χ4n) is 1.15. The molecule has 15 heavy (non-hydrogen) atoms. The van der Waals surface area contributed by atoms with Gasteiger partial charge in [-0.1, -0.05) is 0 Å². The van der Waals surface area contributed by atoms with Crippen molar-refractivity contribution in [2.75, 3.05) is 26.0 Å². The first-order valence-electron chi connectivity index (χ1n) is 5.03. The van der Waals surface area contributed by atoms with Gasteiger partial charge in [-0.05, 0) is 55.5 Å². The van der Waals surface area contributed by atoms with Crippen molar-refractivity contribution in [2.24, 2.45) is 0 Å². The van der Waals surface area contributed by atoms with E-state index in [2.05, 4.69) is 65.1 Å². The van der Waals surface area contributed by atoms with Gasteiger partial charge in [-0.25, -0.2) is 4.98 Å². The Kier molecular flexibility index (Phi) is 4.54. The summed E-state index contributed by atoms with van der Waals surface area (Å²) in [5.41, 5.74) is 1.16. The van der Waals surface area contributed by atoms with Crippen LogP contribution in [0.3, 0.4) is 0 Å². The summed E-state index contributed by atoms with van der Waals surface area (Å²) in [4.78, 5) is 6.51. The number of likely N-dealkylation sites (N-methyl/N-ethyl adjacent to an activating group) is 1. The number of hydrogen-bond acceptors (Lipinski definition) is 3. The van der Waals surface area contributed by atoms with E-state index in [0.717, 1.165) is 22.4 Å². The van der Waals surface area contributed by atoms with E-state index in [-0.39, 0.29) is 0 Å². The Morgan fingerprint density at radius 3 is 2.73 bits per heavy atom. The van der Waals surface area contributed by atoms with Gasteiger partial charge in [0.05, 0.1) is 0 Å². The van der Waals surface area contributed by atoms with Gasteiger partial charge in [0, 0.05) is 23.3 Å². The largest absolute Gasteiger partial charge is 0.368 e. The predicted molar refractivity (Wildman–Crippen MR) is 68.3 cm³/mol. The van der Waals surface area contributed by atoms with Crippen molar-refractivity contribution in [3.8, 4) is 0 Å². The van der Waals surface area contributed by atoms with Crippen molar-refractivity contribution in [1.82, 2.24) is 9.88 Å². The first kappa shape index (κ1) is 12.5. The van der Waals surface area contributed by atoms with Gasteiger partial charge in [0.25, 0.3) is 0 Å². The lowest BCUT2D eigenvalue weighted by Crippen LogP contribution is -2.31. The molecule has 0 spiro atoms. The van der Waals surface area contributed by atoms with Crippen LogP contribution in [0.4, 0.5) is 5.82 Å². The molecule has 3 nitrogen and oxygen atoms in total. The van der Waals surface area contributed by atoms with E-state index in [1.54, 1.807) is 0 Å². The molecule has 0 aliphatic heterocycles. The summed E-state index contributed by atoms with van der Waals surface area (Å²) in [6.45, 7) is 5.14. The molecule has 1 aromatic heterocycles. The molecule has 0 fully saturated rings. The zero-order valence-corrected chi connectivity index (χ0v) is 11.3. The van der Waals surface area contributed by atoms with Crippen LogP contribution in [0.1, 0.15) is 12.5 Å². The summed E-state index contributed by atoms with van der Waals surface area (Å²) >= 11 is 3.40. The van der Waals surface area contributed by atoms with E-state index in [1.165, 1.54) is 0 Å². The van der Waals surface area contributed by atoms with Crippen LogP contribution in [0.15, 0.2) is 16.7 Å². The maximum atomic E-state index is 4.33. The minimum absolute atomic E-state index is 0.495. The fraction of sp³-hybridized carbons (Fsp3) is 0.545. The summed E-state index contributed by atoms with van der Waals surface area (Å²) < 4.78 is 1.02. The number of halogens is 1. The molecule has 1 unspecified atom stereocenters. The normalized spacial score (nSPS) is 12.9. The second-order valence-electron chi connectivity index (χ2n) is 4.01. The van der Waals surface area contributed by atoms with Crippen LogP contribution in [0.25, 0.3) is 0 Å². The highest BCUT2D eigenvalue weighted by Crippen LogP contribution is 2.16. The number of pyridine rings is 1. The standard InChI is InChI=1S/C11H18BrN3/c1-8-5-10(12)7-14-11(8)13-6-9(2)15(3)4/h5,7,9H,6H2,1-4H3,(H,13,14). The number of nitrogens with one attached hydrogen (secondary N) is 1. The quantitative estimate of drug-likeness (QED) is 0.912. The van der Waals surface area contributed by atoms with Crippen molar-refractivity contribution >= 4 is 21.7 Å². The minimum atomic E-state index is 0.495. The first-order valence-corrected chi connectivity index (χ1v) is 5.82. The smallest absolute Gasteiger partial charge is 0.128 e. The Bertz CT molecular complexity index is 326. The Morgan fingerprint density at radius 2 is 2.20 bits per heavy atom. The lowest BCUT2D eigenvalue weighted by Gasteiger charge is -2.20. The molecule has 84 valence electrons. The van der Waals surface area contributed by atoms with E-state index in [4.69, 9.17) is 0 Å². The summed E-state index contributed by atoms with van der Waals surface area (Å²) in [5.74, 6) is 0.965. The molecule has 0 aromatic carbocycles. The van der Waals surface area contributed by atoms with Gasteiger partial charge in [-0.15, -0.1) is 0 Å². The Labute approximate surface area is 100 Å². The maximum Gasteiger partial charge on any atom is 0.128 e. The van der Waals surface area contributed by atoms with Crippen molar-refractivity contribution in [3.05, 3.63) is 22.3 Å². The van der Waals surface area contributed by atoms with E-state index in [9.17, 15) is 0 Å². The number of rotatable bonds is 4. The zero-order chi connectivity index (χ0) is 11.4. The number of hydrogen-bond donors (Lipinski definition) is 1. The molecule has 1 aromatic rings. The van der Waals surface area contributed by atoms with Gasteiger partial charge in [-0.2, -0.15) is 0 Å². The number of nitrogens with zero attached hydrogens (tertiary/aromatic N) is 2. The SMILES string of the molecule is Cc1cc(Br)cnc1NCC(C)N(C)C. The van der Waals surface area contributed by atoms with Crippen molar-refractivity contribution in [3.63, 3.8) is 0 Å². The summed E-state index contributed by atoms with van der Waals surface area (Å²) in [6.07, 6.45) is 1.82. The highest BCUT2D eigenvalue weighted by molar-refractivity contribution is 9.10. The molecule has 0 aliphatic carbocycles. The molecule has 0 aliphatic rings. The Morgan fingerprint density at radius 1 is 1.53 bits per heavy atom. The Balaban J connectivity index is 2.58. The predicted octanol–water partition coefficient (Wildman–Crippen LogP) is 2.51. The molecule has 1 atom stereocenters. The van der Waals surface area contributed by atoms with Crippen LogP contribution in [0, 0.1) is 6.92 Å². The van der Waals surface area contributed by atoms with Crippen molar-refractivity contribution in [2.45, 2.75) is 19.9 Å². The molecule has 0 saturated heterocycles. The molecule has 0 saturated carbocycles. The van der Waals surface area contributed by atoms with Crippen LogP contribution < -0.4 is 5.32 Å². The molecule has 1 heterocycles. The third kappa shape index (κ3) is 3.80. The molecular formula is C11H18BrN3. The van der Waals surface area contributed by atoms with Gasteiger partial charge in [0.1, 0.15) is 5.82 Å². The second kappa shape index (κ2) is 5.47. The molecule has 0 radical (unpaired) electrons. The monoisotopic (exact) mass is 271 g/mol. The van der Waals surface area contributed by atoms with E-state index in [0.29, 0.717) is 6.04 Å². The topological polar surface area (TPSA) is 28.2 Å². The summed E-state index contributed by atoms with van der Waals surface area (Å²) in [5, 5.41) is 3.35. The minimum Gasteiger partial charge on any atom is -0.368 e. The lowest BCUT2D eigenvalue weighted by molar-refractivity contribution is 0.326. The van der Waals surface area contributed by atoms with Crippen molar-refractivity contribution < 1.29 is 0 Å². The number of aryl methyl sites for hydroxylation is 1. The highest BCUT2D eigenvalue weighted by atomic mass is 79.9. The molecule has 0 bridgehead atoms. The highest BCUT2D eigenvalue weighted by Gasteiger charge is 2.05. The summed E-state index contributed by atoms with van der Waals surface area (Å²) in [6, 6.07) is 2.56. The Hall–Kier alpha value is -0.610. The van der Waals surface area contributed by atoms with Crippen LogP contribution in [0.2, 0.25) is 0 Å². The molecule has 1 N–H and O–H groups in total. The van der Waals surface area contributed by atoms with E-state index in [1.807, 2.05) is 6.20 Å².